The molecule has 0 aliphatic rings. The molecule has 7 heteroatoms. The van der Waals surface area contributed by atoms with E-state index in [-0.39, 0.29) is 11.7 Å². The number of furan rings is 1. The Kier molecular flexibility index (Phi) is 6.24. The molecular weight excluding hydrogens is 372 g/mol. The molecule has 3 aromatic rings. The van der Waals surface area contributed by atoms with Crippen LogP contribution in [0.25, 0.3) is 11.4 Å². The number of nitrogens with one attached hydrogen (secondary N) is 1. The van der Waals surface area contributed by atoms with Gasteiger partial charge in [-0.15, -0.1) is 10.2 Å². The first-order chi connectivity index (χ1) is 13.4. The van der Waals surface area contributed by atoms with Crippen molar-refractivity contribution in [1.29, 1.82) is 0 Å². The lowest BCUT2D eigenvalue weighted by molar-refractivity contribution is -0.113. The van der Waals surface area contributed by atoms with Crippen LogP contribution < -0.4 is 5.32 Å². The molecule has 1 aromatic carbocycles. The molecule has 148 valence electrons. The monoisotopic (exact) mass is 398 g/mol. The summed E-state index contributed by atoms with van der Waals surface area (Å²) in [7, 11) is 0. The summed E-state index contributed by atoms with van der Waals surface area (Å²) < 4.78 is 7.49. The fourth-order valence-corrected chi connectivity index (χ4v) is 3.81. The van der Waals surface area contributed by atoms with E-state index in [1.807, 2.05) is 45.0 Å². The van der Waals surface area contributed by atoms with E-state index in [4.69, 9.17) is 4.42 Å². The van der Waals surface area contributed by atoms with Gasteiger partial charge in [0.1, 0.15) is 5.76 Å². The molecule has 0 bridgehead atoms. The number of thioether (sulfide) groups is 1. The maximum absolute atomic E-state index is 12.5. The zero-order chi connectivity index (χ0) is 20.3. The van der Waals surface area contributed by atoms with Gasteiger partial charge < -0.3 is 14.3 Å². The Morgan fingerprint density at radius 2 is 1.89 bits per heavy atom. The van der Waals surface area contributed by atoms with Crippen molar-refractivity contribution in [3.05, 3.63) is 47.4 Å². The molecule has 0 fully saturated rings. The fourth-order valence-electron chi connectivity index (χ4n) is 3.06. The minimum Gasteiger partial charge on any atom is -0.469 e. The van der Waals surface area contributed by atoms with Gasteiger partial charge >= 0.3 is 0 Å². The number of amides is 1. The Hall–Kier alpha value is -2.54. The summed E-state index contributed by atoms with van der Waals surface area (Å²) in [6.45, 7) is 11.0. The normalized spacial score (nSPS) is 11.2. The number of benzene rings is 1. The lowest BCUT2D eigenvalue weighted by Gasteiger charge is -2.13. The summed E-state index contributed by atoms with van der Waals surface area (Å²) >= 11 is 1.40. The third kappa shape index (κ3) is 4.47. The van der Waals surface area contributed by atoms with Gasteiger partial charge in [0, 0.05) is 12.2 Å². The fraction of sp³-hybridized carbons (Fsp3) is 0.381. The number of carbonyl (C=O) groups is 1. The highest BCUT2D eigenvalue weighted by molar-refractivity contribution is 7.99. The molecule has 0 aliphatic carbocycles. The van der Waals surface area contributed by atoms with Crippen LogP contribution in [0.1, 0.15) is 30.7 Å². The molecule has 0 saturated carbocycles. The first-order valence-corrected chi connectivity index (χ1v) is 10.3. The number of para-hydroxylation sites is 1. The molecule has 0 atom stereocenters. The Morgan fingerprint density at radius 3 is 2.50 bits per heavy atom. The van der Waals surface area contributed by atoms with Gasteiger partial charge in [-0.1, -0.05) is 43.8 Å². The van der Waals surface area contributed by atoms with Crippen LogP contribution in [0.5, 0.6) is 0 Å². The van der Waals surface area contributed by atoms with Crippen LogP contribution in [-0.2, 0) is 11.3 Å². The summed E-state index contributed by atoms with van der Waals surface area (Å²) in [6, 6.07) is 7.88. The topological polar surface area (TPSA) is 73.0 Å². The molecule has 0 unspecified atom stereocenters. The van der Waals surface area contributed by atoms with Gasteiger partial charge in [-0.3, -0.25) is 4.79 Å². The van der Waals surface area contributed by atoms with Crippen LogP contribution in [0.3, 0.4) is 0 Å². The van der Waals surface area contributed by atoms with Gasteiger partial charge in [0.25, 0.3) is 0 Å². The molecule has 28 heavy (non-hydrogen) atoms. The average molecular weight is 399 g/mol. The predicted octanol–water partition coefficient (Wildman–Crippen LogP) is 4.85. The molecule has 6 nitrogen and oxygen atoms in total. The van der Waals surface area contributed by atoms with Crippen LogP contribution in [0, 0.1) is 26.7 Å². The summed E-state index contributed by atoms with van der Waals surface area (Å²) in [5, 5.41) is 12.5. The largest absolute Gasteiger partial charge is 0.469 e. The van der Waals surface area contributed by atoms with E-state index in [1.165, 1.54) is 11.8 Å². The van der Waals surface area contributed by atoms with E-state index in [0.29, 0.717) is 5.92 Å². The second-order valence-electron chi connectivity index (χ2n) is 7.30. The number of aryl methyl sites for hydroxylation is 3. The van der Waals surface area contributed by atoms with Gasteiger partial charge in [0.15, 0.2) is 11.0 Å². The zero-order valence-corrected chi connectivity index (χ0v) is 17.8. The van der Waals surface area contributed by atoms with Crippen molar-refractivity contribution in [2.75, 3.05) is 11.1 Å². The summed E-state index contributed by atoms with van der Waals surface area (Å²) in [5.74, 6) is 2.22. The minimum absolute atomic E-state index is 0.0532. The molecule has 3 rings (SSSR count). The number of anilines is 1. The Labute approximate surface area is 169 Å². The molecule has 0 spiro atoms. The van der Waals surface area contributed by atoms with E-state index in [0.717, 1.165) is 45.7 Å². The van der Waals surface area contributed by atoms with Crippen molar-refractivity contribution in [2.45, 2.75) is 46.3 Å². The van der Waals surface area contributed by atoms with Crippen molar-refractivity contribution < 1.29 is 9.21 Å². The molecule has 1 N–H and O–H groups in total. The van der Waals surface area contributed by atoms with Crippen LogP contribution >= 0.6 is 11.8 Å². The van der Waals surface area contributed by atoms with Crippen LogP contribution in [0.4, 0.5) is 5.69 Å². The van der Waals surface area contributed by atoms with Gasteiger partial charge in [-0.2, -0.15) is 0 Å². The van der Waals surface area contributed by atoms with Crippen molar-refractivity contribution >= 4 is 23.4 Å². The number of carbonyl (C=O) groups excluding carboxylic acids is 1. The van der Waals surface area contributed by atoms with E-state index >= 15 is 0 Å². The average Bonchev–Trinajstić information content (AvgIpc) is 3.22. The third-order valence-corrected chi connectivity index (χ3v) is 5.41. The maximum atomic E-state index is 12.5. The van der Waals surface area contributed by atoms with Crippen molar-refractivity contribution in [3.8, 4) is 11.4 Å². The van der Waals surface area contributed by atoms with E-state index in [1.54, 1.807) is 6.26 Å². The minimum atomic E-state index is -0.0532. The van der Waals surface area contributed by atoms with E-state index < -0.39 is 0 Å². The quantitative estimate of drug-likeness (QED) is 0.576. The number of nitrogens with zero attached hydrogens (tertiary/aromatic N) is 3. The lowest BCUT2D eigenvalue weighted by atomic mass is 10.1. The molecular formula is C21H26N4O2S. The first kappa shape index (κ1) is 20.2. The Bertz CT molecular complexity index is 954. The van der Waals surface area contributed by atoms with Crippen LogP contribution in [-0.4, -0.2) is 26.4 Å². The van der Waals surface area contributed by atoms with Gasteiger partial charge in [0.2, 0.25) is 5.91 Å². The SMILES string of the molecule is Cc1cccc(C)c1NC(=O)CSc1nnc(-c2ccoc2C)n1CC(C)C. The van der Waals surface area contributed by atoms with Crippen LogP contribution in [0.15, 0.2) is 40.1 Å². The standard InChI is InChI=1S/C21H26N4O2S/c1-13(2)11-25-20(17-9-10-27-16(17)5)23-24-21(25)28-12-18(26)22-19-14(3)7-6-8-15(19)4/h6-10,13H,11-12H2,1-5H3,(H,22,26). The molecule has 2 aromatic heterocycles. The predicted molar refractivity (Wildman–Crippen MR) is 113 cm³/mol. The Morgan fingerprint density at radius 1 is 1.18 bits per heavy atom. The van der Waals surface area contributed by atoms with Gasteiger partial charge in [0.05, 0.1) is 17.6 Å². The number of hydrogen-bond acceptors (Lipinski definition) is 5. The van der Waals surface area contributed by atoms with Gasteiger partial charge in [-0.25, -0.2) is 0 Å². The number of aromatic nitrogens is 3. The zero-order valence-electron chi connectivity index (χ0n) is 16.9. The second-order valence-corrected chi connectivity index (χ2v) is 8.25. The van der Waals surface area contributed by atoms with Crippen molar-refractivity contribution in [3.63, 3.8) is 0 Å². The molecule has 1 amide bonds. The first-order valence-electron chi connectivity index (χ1n) is 9.33. The second kappa shape index (κ2) is 8.65. The van der Waals surface area contributed by atoms with Gasteiger partial charge in [-0.05, 0) is 43.9 Å². The highest BCUT2D eigenvalue weighted by Gasteiger charge is 2.19. The molecule has 0 saturated heterocycles. The highest BCUT2D eigenvalue weighted by atomic mass is 32.2. The summed E-state index contributed by atoms with van der Waals surface area (Å²) in [6.07, 6.45) is 1.66. The maximum Gasteiger partial charge on any atom is 0.234 e. The molecule has 0 radical (unpaired) electrons. The summed E-state index contributed by atoms with van der Waals surface area (Å²) in [4.78, 5) is 12.5. The van der Waals surface area contributed by atoms with E-state index in [2.05, 4.69) is 33.9 Å². The summed E-state index contributed by atoms with van der Waals surface area (Å²) in [5.41, 5.74) is 3.92. The number of hydrogen-bond donors (Lipinski definition) is 1. The lowest BCUT2D eigenvalue weighted by Crippen LogP contribution is -2.16. The smallest absolute Gasteiger partial charge is 0.234 e. The van der Waals surface area contributed by atoms with Crippen LogP contribution in [0.2, 0.25) is 0 Å². The third-order valence-electron chi connectivity index (χ3n) is 4.44. The number of rotatable bonds is 7. The Balaban J connectivity index is 1.76. The van der Waals surface area contributed by atoms with Crippen molar-refractivity contribution in [1.82, 2.24) is 14.8 Å². The van der Waals surface area contributed by atoms with Crippen molar-refractivity contribution in [2.24, 2.45) is 5.92 Å². The molecule has 2 heterocycles. The highest BCUT2D eigenvalue weighted by Crippen LogP contribution is 2.28. The van der Waals surface area contributed by atoms with E-state index in [9.17, 15) is 4.79 Å². The molecule has 0 aliphatic heterocycles.